The molecule has 0 aliphatic carbocycles. The molecule has 3 fully saturated rings. The van der Waals surface area contributed by atoms with Crippen molar-refractivity contribution in [2.24, 2.45) is 0 Å². The van der Waals surface area contributed by atoms with Gasteiger partial charge in [0.15, 0.2) is 5.72 Å². The van der Waals surface area contributed by atoms with Crippen molar-refractivity contribution in [2.45, 2.75) is 37.5 Å². The fourth-order valence-electron chi connectivity index (χ4n) is 4.84. The number of ether oxygens (including phenoxy) is 1. The van der Waals surface area contributed by atoms with Gasteiger partial charge in [-0.2, -0.15) is 4.31 Å². The SMILES string of the molecule is CC(=O)N1CCC2(CC1)CN1C(=O)CN(S(=O)(=O)/C3=C/C/C=C(Cl)\C=C/CN3)CC1(CO)O2. The van der Waals surface area contributed by atoms with Gasteiger partial charge in [-0.1, -0.05) is 23.8 Å². The Hall–Kier alpha value is -1.92. The molecule has 2 amide bonds. The minimum atomic E-state index is -4.05. The zero-order chi connectivity index (χ0) is 23.9. The van der Waals surface area contributed by atoms with E-state index < -0.39 is 33.9 Å². The lowest BCUT2D eigenvalue weighted by Crippen LogP contribution is -2.65. The molecule has 0 aromatic heterocycles. The summed E-state index contributed by atoms with van der Waals surface area (Å²) in [7, 11) is -4.05. The zero-order valence-corrected chi connectivity index (χ0v) is 20.1. The van der Waals surface area contributed by atoms with Crippen molar-refractivity contribution in [3.8, 4) is 0 Å². The fraction of sp³-hybridized carbons (Fsp3) is 0.619. The average Bonchev–Trinajstić information content (AvgIpc) is 3.14. The molecule has 1 unspecified atom stereocenters. The molecular weight excluding hydrogens is 472 g/mol. The van der Waals surface area contributed by atoms with Gasteiger partial charge in [0.05, 0.1) is 31.8 Å². The second-order valence-electron chi connectivity index (χ2n) is 8.82. The third-order valence-electron chi connectivity index (χ3n) is 6.65. The van der Waals surface area contributed by atoms with Crippen molar-refractivity contribution in [1.29, 1.82) is 0 Å². The number of aliphatic hydroxyl groups excluding tert-OH is 1. The van der Waals surface area contributed by atoms with Crippen LogP contribution < -0.4 is 5.32 Å². The molecule has 0 bridgehead atoms. The highest BCUT2D eigenvalue weighted by atomic mass is 35.5. The summed E-state index contributed by atoms with van der Waals surface area (Å²) in [5.74, 6) is -0.441. The number of allylic oxidation sites excluding steroid dienone is 4. The Morgan fingerprint density at radius 1 is 1.27 bits per heavy atom. The minimum absolute atomic E-state index is 0.0208. The standard InChI is InChI=1S/C21H29ClN4O6S/c1-16(28)24-10-7-20(8-11-24)13-26-19(29)12-25(14-21(26,15-27)32-20)33(30,31)18-6-2-4-17(22)5-3-9-23-18/h3-6,23,27H,2,7-15H2,1H3/b5-3-,17-4+,18-6+. The summed E-state index contributed by atoms with van der Waals surface area (Å²) in [6, 6.07) is 0. The molecule has 0 aromatic carbocycles. The molecule has 0 aromatic rings. The quantitative estimate of drug-likeness (QED) is 0.563. The number of fused-ring (bicyclic) bond motifs is 1. The maximum Gasteiger partial charge on any atom is 0.258 e. The van der Waals surface area contributed by atoms with E-state index in [0.29, 0.717) is 37.4 Å². The summed E-state index contributed by atoms with van der Waals surface area (Å²) >= 11 is 6.03. The highest BCUT2D eigenvalue weighted by Crippen LogP contribution is 2.43. The van der Waals surface area contributed by atoms with E-state index in [1.807, 2.05) is 0 Å². The van der Waals surface area contributed by atoms with E-state index in [2.05, 4.69) is 5.32 Å². The summed E-state index contributed by atoms with van der Waals surface area (Å²) in [6.45, 7) is 1.95. The van der Waals surface area contributed by atoms with E-state index in [0.717, 1.165) is 4.31 Å². The van der Waals surface area contributed by atoms with Gasteiger partial charge in [0.25, 0.3) is 10.0 Å². The van der Waals surface area contributed by atoms with Crippen LogP contribution in [-0.2, 0) is 24.3 Å². The molecule has 33 heavy (non-hydrogen) atoms. The van der Waals surface area contributed by atoms with Gasteiger partial charge in [-0.3, -0.25) is 9.59 Å². The van der Waals surface area contributed by atoms with Crippen molar-refractivity contribution >= 4 is 33.4 Å². The normalized spacial score (nSPS) is 32.5. The van der Waals surface area contributed by atoms with Crippen LogP contribution in [-0.4, -0.2) is 96.6 Å². The highest BCUT2D eigenvalue weighted by molar-refractivity contribution is 7.93. The lowest BCUT2D eigenvalue weighted by molar-refractivity contribution is -0.194. The first-order valence-corrected chi connectivity index (χ1v) is 12.8. The number of carbonyl (C=O) groups excluding carboxylic acids is 2. The van der Waals surface area contributed by atoms with Gasteiger partial charge in [0, 0.05) is 31.6 Å². The van der Waals surface area contributed by atoms with Crippen LogP contribution >= 0.6 is 11.6 Å². The molecule has 4 aliphatic rings. The summed E-state index contributed by atoms with van der Waals surface area (Å²) in [4.78, 5) is 28.0. The summed E-state index contributed by atoms with van der Waals surface area (Å²) in [6.07, 6.45) is 7.93. The molecule has 10 nitrogen and oxygen atoms in total. The molecule has 0 radical (unpaired) electrons. The first-order valence-electron chi connectivity index (χ1n) is 10.9. The summed E-state index contributed by atoms with van der Waals surface area (Å²) in [5, 5.41) is 13.7. The molecule has 4 heterocycles. The predicted molar refractivity (Wildman–Crippen MR) is 121 cm³/mol. The number of aliphatic hydroxyl groups is 1. The van der Waals surface area contributed by atoms with Gasteiger partial charge in [0.2, 0.25) is 11.8 Å². The Morgan fingerprint density at radius 2 is 2.00 bits per heavy atom. The number of rotatable bonds is 3. The van der Waals surface area contributed by atoms with Gasteiger partial charge in [0.1, 0.15) is 5.03 Å². The first-order chi connectivity index (χ1) is 15.6. The fourth-order valence-corrected chi connectivity index (χ4v) is 6.52. The molecule has 3 saturated heterocycles. The minimum Gasteiger partial charge on any atom is -0.391 e. The predicted octanol–water partition coefficient (Wildman–Crippen LogP) is 0.0739. The van der Waals surface area contributed by atoms with Crippen LogP contribution in [0.25, 0.3) is 0 Å². The topological polar surface area (TPSA) is 119 Å². The van der Waals surface area contributed by atoms with Gasteiger partial charge >= 0.3 is 0 Å². The van der Waals surface area contributed by atoms with E-state index in [1.165, 1.54) is 17.9 Å². The lowest BCUT2D eigenvalue weighted by Gasteiger charge is -2.44. The van der Waals surface area contributed by atoms with Crippen molar-refractivity contribution in [2.75, 3.05) is 45.9 Å². The number of likely N-dealkylation sites (tertiary alicyclic amines) is 1. The number of amides is 2. The molecular formula is C21H29ClN4O6S. The van der Waals surface area contributed by atoms with Crippen LogP contribution in [0.4, 0.5) is 0 Å². The molecule has 1 atom stereocenters. The van der Waals surface area contributed by atoms with Crippen LogP contribution in [0.2, 0.25) is 0 Å². The van der Waals surface area contributed by atoms with Crippen LogP contribution in [0, 0.1) is 0 Å². The maximum absolute atomic E-state index is 13.4. The molecule has 182 valence electrons. The molecule has 0 saturated carbocycles. The number of piperazine rings is 1. The van der Waals surface area contributed by atoms with Crippen molar-refractivity contribution in [3.63, 3.8) is 0 Å². The number of carbonyl (C=O) groups is 2. The maximum atomic E-state index is 13.4. The van der Waals surface area contributed by atoms with E-state index in [9.17, 15) is 23.1 Å². The van der Waals surface area contributed by atoms with Crippen LogP contribution in [0.1, 0.15) is 26.2 Å². The molecule has 4 rings (SSSR count). The summed E-state index contributed by atoms with van der Waals surface area (Å²) in [5.41, 5.74) is -2.17. The molecule has 4 aliphatic heterocycles. The molecule has 2 N–H and O–H groups in total. The number of nitrogens with one attached hydrogen (secondary N) is 1. The number of piperidine rings is 1. The van der Waals surface area contributed by atoms with Gasteiger partial charge in [-0.05, 0) is 31.4 Å². The Labute approximate surface area is 198 Å². The Kier molecular flexibility index (Phi) is 6.62. The number of nitrogens with zero attached hydrogens (tertiary/aromatic N) is 3. The van der Waals surface area contributed by atoms with E-state index in [1.54, 1.807) is 23.1 Å². The van der Waals surface area contributed by atoms with Gasteiger partial charge < -0.3 is 25.0 Å². The van der Waals surface area contributed by atoms with Crippen molar-refractivity contribution < 1.29 is 27.9 Å². The highest BCUT2D eigenvalue weighted by Gasteiger charge is 2.60. The average molecular weight is 501 g/mol. The van der Waals surface area contributed by atoms with Gasteiger partial charge in [-0.15, -0.1) is 0 Å². The molecule has 12 heteroatoms. The number of sulfonamides is 1. The van der Waals surface area contributed by atoms with Crippen LogP contribution in [0.3, 0.4) is 0 Å². The van der Waals surface area contributed by atoms with Crippen LogP contribution in [0.15, 0.2) is 34.4 Å². The molecule has 1 spiro atoms. The summed E-state index contributed by atoms with van der Waals surface area (Å²) < 4.78 is 34.3. The third kappa shape index (κ3) is 4.57. The van der Waals surface area contributed by atoms with Gasteiger partial charge in [-0.25, -0.2) is 8.42 Å². The number of hydrogen-bond acceptors (Lipinski definition) is 7. The largest absolute Gasteiger partial charge is 0.391 e. The van der Waals surface area contributed by atoms with Crippen LogP contribution in [0.5, 0.6) is 0 Å². The van der Waals surface area contributed by atoms with E-state index >= 15 is 0 Å². The Bertz CT molecular complexity index is 1020. The lowest BCUT2D eigenvalue weighted by atomic mass is 9.91. The van der Waals surface area contributed by atoms with Crippen molar-refractivity contribution in [1.82, 2.24) is 19.4 Å². The Balaban J connectivity index is 1.57. The number of hydrogen-bond donors (Lipinski definition) is 2. The Morgan fingerprint density at radius 3 is 2.67 bits per heavy atom. The smallest absolute Gasteiger partial charge is 0.258 e. The second-order valence-corrected chi connectivity index (χ2v) is 11.2. The first kappa shape index (κ1) is 24.2. The van der Waals surface area contributed by atoms with E-state index in [4.69, 9.17) is 16.3 Å². The van der Waals surface area contributed by atoms with E-state index in [-0.39, 0.29) is 37.1 Å². The zero-order valence-electron chi connectivity index (χ0n) is 18.5. The number of halogens is 1. The third-order valence-corrected chi connectivity index (χ3v) is 8.74. The van der Waals surface area contributed by atoms with Crippen molar-refractivity contribution in [3.05, 3.63) is 34.4 Å². The second kappa shape index (κ2) is 9.03. The monoisotopic (exact) mass is 500 g/mol.